The van der Waals surface area contributed by atoms with E-state index in [9.17, 15) is 4.79 Å². The third-order valence-corrected chi connectivity index (χ3v) is 5.00. The van der Waals surface area contributed by atoms with Crippen LogP contribution in [0.2, 0.25) is 0 Å². The molecule has 0 radical (unpaired) electrons. The van der Waals surface area contributed by atoms with Gasteiger partial charge in [0, 0.05) is 52.4 Å². The molecule has 2 aromatic rings. The highest BCUT2D eigenvalue weighted by atomic mass is 127. The van der Waals surface area contributed by atoms with Gasteiger partial charge in [-0.2, -0.15) is 0 Å². The Morgan fingerprint density at radius 1 is 1.09 bits per heavy atom. The second-order valence-corrected chi connectivity index (χ2v) is 7.48. The van der Waals surface area contributed by atoms with Crippen molar-refractivity contribution in [3.63, 3.8) is 0 Å². The molecule has 0 saturated heterocycles. The maximum Gasteiger partial charge on any atom is 0.242 e. The second kappa shape index (κ2) is 16.3. The van der Waals surface area contributed by atoms with E-state index in [4.69, 9.17) is 9.47 Å². The van der Waals surface area contributed by atoms with Crippen molar-refractivity contribution in [2.45, 2.75) is 33.4 Å². The van der Waals surface area contributed by atoms with Gasteiger partial charge in [0.05, 0.1) is 13.2 Å². The van der Waals surface area contributed by atoms with Crippen LogP contribution in [0.15, 0.2) is 53.5 Å². The molecule has 0 aliphatic carbocycles. The summed E-state index contributed by atoms with van der Waals surface area (Å²) in [5.41, 5.74) is 3.28. The fraction of sp³-hybridized carbons (Fsp3) is 0.440. The van der Waals surface area contributed by atoms with E-state index in [1.54, 1.807) is 14.2 Å². The van der Waals surface area contributed by atoms with Crippen molar-refractivity contribution in [1.29, 1.82) is 0 Å². The van der Waals surface area contributed by atoms with Gasteiger partial charge in [-0.05, 0) is 31.0 Å². The molecule has 0 fully saturated rings. The minimum absolute atomic E-state index is 0. The smallest absolute Gasteiger partial charge is 0.242 e. The number of guanidine groups is 1. The van der Waals surface area contributed by atoms with Crippen LogP contribution in [0.5, 0.6) is 5.75 Å². The van der Waals surface area contributed by atoms with Crippen LogP contribution in [0.1, 0.15) is 30.0 Å². The minimum atomic E-state index is 0. The molecule has 2 rings (SSSR count). The molecule has 0 aromatic heterocycles. The third-order valence-electron chi connectivity index (χ3n) is 5.00. The molecule has 0 spiro atoms. The molecule has 8 heteroatoms. The summed E-state index contributed by atoms with van der Waals surface area (Å²) >= 11 is 0. The summed E-state index contributed by atoms with van der Waals surface area (Å²) in [4.78, 5) is 18.8. The average Bonchev–Trinajstić information content (AvgIpc) is 2.81. The van der Waals surface area contributed by atoms with Gasteiger partial charge in [0.1, 0.15) is 5.75 Å². The summed E-state index contributed by atoms with van der Waals surface area (Å²) in [7, 11) is 3.38. The molecule has 0 saturated carbocycles. The number of amides is 1. The Balaban J connectivity index is 0.00000544. The van der Waals surface area contributed by atoms with Crippen molar-refractivity contribution < 1.29 is 14.3 Å². The zero-order valence-corrected chi connectivity index (χ0v) is 22.4. The van der Waals surface area contributed by atoms with Gasteiger partial charge in [-0.3, -0.25) is 9.79 Å². The predicted molar refractivity (Wildman–Crippen MR) is 144 cm³/mol. The molecule has 33 heavy (non-hydrogen) atoms. The van der Waals surface area contributed by atoms with Crippen molar-refractivity contribution >= 4 is 35.8 Å². The first-order chi connectivity index (χ1) is 15.6. The number of aliphatic imine (C=N–C) groups is 1. The molecule has 2 aromatic carbocycles. The van der Waals surface area contributed by atoms with Gasteiger partial charge in [-0.25, -0.2) is 0 Å². The number of ether oxygens (including phenoxy) is 2. The highest BCUT2D eigenvalue weighted by Gasteiger charge is 2.13. The van der Waals surface area contributed by atoms with Crippen molar-refractivity contribution in [2.75, 3.05) is 40.5 Å². The van der Waals surface area contributed by atoms with E-state index in [-0.39, 0.29) is 36.4 Å². The lowest BCUT2D eigenvalue weighted by atomic mass is 10.1. The standard InChI is InChI=1S/C25H36N4O3.HI/c1-5-29(19-21-10-7-6-8-11-21)24(30)18-28-25(26-3)27-17-22-13-12-20(2)16-23(22)32-15-9-14-31-4;/h6-8,10-13,16H,5,9,14-15,17-19H2,1-4H3,(H2,26,27,28);1H. The van der Waals surface area contributed by atoms with Crippen molar-refractivity contribution in [3.8, 4) is 5.75 Å². The molecule has 0 unspecified atom stereocenters. The fourth-order valence-corrected chi connectivity index (χ4v) is 3.18. The maximum absolute atomic E-state index is 12.7. The zero-order chi connectivity index (χ0) is 23.2. The molecule has 182 valence electrons. The summed E-state index contributed by atoms with van der Waals surface area (Å²) in [6.07, 6.45) is 0.833. The predicted octanol–water partition coefficient (Wildman–Crippen LogP) is 3.74. The average molecular weight is 569 g/mol. The van der Waals surface area contributed by atoms with Gasteiger partial charge in [0.15, 0.2) is 5.96 Å². The lowest BCUT2D eigenvalue weighted by Gasteiger charge is -2.22. The van der Waals surface area contributed by atoms with Gasteiger partial charge < -0.3 is 25.0 Å². The summed E-state index contributed by atoms with van der Waals surface area (Å²) in [5, 5.41) is 6.39. The molecule has 1 amide bonds. The summed E-state index contributed by atoms with van der Waals surface area (Å²) < 4.78 is 11.0. The number of methoxy groups -OCH3 is 1. The minimum Gasteiger partial charge on any atom is -0.493 e. The molecular weight excluding hydrogens is 531 g/mol. The number of aryl methyl sites for hydroxylation is 1. The Bertz CT molecular complexity index is 862. The fourth-order valence-electron chi connectivity index (χ4n) is 3.18. The van der Waals surface area contributed by atoms with Crippen molar-refractivity contribution in [3.05, 3.63) is 65.2 Å². The Labute approximate surface area is 215 Å². The number of benzene rings is 2. The van der Waals surface area contributed by atoms with Gasteiger partial charge in [-0.15, -0.1) is 24.0 Å². The monoisotopic (exact) mass is 568 g/mol. The molecule has 0 atom stereocenters. The molecule has 7 nitrogen and oxygen atoms in total. The topological polar surface area (TPSA) is 75.2 Å². The Hall–Kier alpha value is -2.33. The van der Waals surface area contributed by atoms with E-state index in [1.165, 1.54) is 0 Å². The Morgan fingerprint density at radius 3 is 2.52 bits per heavy atom. The van der Waals surface area contributed by atoms with E-state index < -0.39 is 0 Å². The maximum atomic E-state index is 12.7. The first-order valence-electron chi connectivity index (χ1n) is 11.0. The summed E-state index contributed by atoms with van der Waals surface area (Å²) in [6.45, 7) is 7.25. The number of halogens is 1. The highest BCUT2D eigenvalue weighted by Crippen LogP contribution is 2.20. The van der Waals surface area contributed by atoms with Crippen LogP contribution in [0.3, 0.4) is 0 Å². The number of likely N-dealkylation sites (N-methyl/N-ethyl adjacent to an activating group) is 1. The number of nitrogens with one attached hydrogen (secondary N) is 2. The normalized spacial score (nSPS) is 10.8. The van der Waals surface area contributed by atoms with E-state index in [2.05, 4.69) is 21.7 Å². The molecular formula is C25H37IN4O3. The lowest BCUT2D eigenvalue weighted by molar-refractivity contribution is -0.130. The molecule has 0 aliphatic heterocycles. The van der Waals surface area contributed by atoms with E-state index >= 15 is 0 Å². The third kappa shape index (κ3) is 10.4. The number of hydrogen-bond donors (Lipinski definition) is 2. The number of carbonyl (C=O) groups is 1. The van der Waals surface area contributed by atoms with Crippen LogP contribution >= 0.6 is 24.0 Å². The molecule has 0 heterocycles. The zero-order valence-electron chi connectivity index (χ0n) is 20.1. The van der Waals surface area contributed by atoms with Crippen LogP contribution in [0.4, 0.5) is 0 Å². The van der Waals surface area contributed by atoms with Crippen LogP contribution in [0.25, 0.3) is 0 Å². The van der Waals surface area contributed by atoms with Gasteiger partial charge >= 0.3 is 0 Å². The van der Waals surface area contributed by atoms with Crippen LogP contribution < -0.4 is 15.4 Å². The first kappa shape index (κ1) is 28.7. The van der Waals surface area contributed by atoms with Crippen LogP contribution in [-0.2, 0) is 22.6 Å². The SMILES string of the molecule is CCN(Cc1ccccc1)C(=O)CNC(=NC)NCc1ccc(C)cc1OCCCOC.I. The molecule has 0 aliphatic rings. The van der Waals surface area contributed by atoms with Crippen LogP contribution in [0, 0.1) is 6.92 Å². The summed E-state index contributed by atoms with van der Waals surface area (Å²) in [5.74, 6) is 1.44. The number of nitrogens with zero attached hydrogens (tertiary/aromatic N) is 2. The van der Waals surface area contributed by atoms with E-state index in [0.717, 1.165) is 28.9 Å². The second-order valence-electron chi connectivity index (χ2n) is 7.48. The van der Waals surface area contributed by atoms with Gasteiger partial charge in [-0.1, -0.05) is 42.5 Å². The van der Waals surface area contributed by atoms with E-state index in [0.29, 0.717) is 38.8 Å². The van der Waals surface area contributed by atoms with E-state index in [1.807, 2.05) is 61.2 Å². The van der Waals surface area contributed by atoms with Crippen molar-refractivity contribution in [1.82, 2.24) is 15.5 Å². The number of carbonyl (C=O) groups excluding carboxylic acids is 1. The summed E-state index contributed by atoms with van der Waals surface area (Å²) in [6, 6.07) is 16.1. The molecule has 0 bridgehead atoms. The van der Waals surface area contributed by atoms with Crippen LogP contribution in [-0.4, -0.2) is 57.2 Å². The highest BCUT2D eigenvalue weighted by molar-refractivity contribution is 14.0. The van der Waals surface area contributed by atoms with Gasteiger partial charge in [0.25, 0.3) is 0 Å². The first-order valence-corrected chi connectivity index (χ1v) is 11.0. The lowest BCUT2D eigenvalue weighted by Crippen LogP contribution is -2.44. The Kier molecular flexibility index (Phi) is 14.2. The Morgan fingerprint density at radius 2 is 1.85 bits per heavy atom. The quantitative estimate of drug-likeness (QED) is 0.177. The van der Waals surface area contributed by atoms with Crippen molar-refractivity contribution in [2.24, 2.45) is 4.99 Å². The number of rotatable bonds is 12. The molecule has 2 N–H and O–H groups in total. The number of hydrogen-bond acceptors (Lipinski definition) is 4. The van der Waals surface area contributed by atoms with Gasteiger partial charge in [0.2, 0.25) is 5.91 Å². The largest absolute Gasteiger partial charge is 0.493 e.